The fourth-order valence-corrected chi connectivity index (χ4v) is 2.02. The first kappa shape index (κ1) is 20.6. The maximum Gasteiger partial charge on any atom is 0.0385 e. The van der Waals surface area contributed by atoms with Gasteiger partial charge in [0, 0.05) is 6.54 Å². The van der Waals surface area contributed by atoms with Crippen LogP contribution in [0.2, 0.25) is 0 Å². The van der Waals surface area contributed by atoms with Crippen LogP contribution in [0.4, 0.5) is 0 Å². The van der Waals surface area contributed by atoms with Crippen LogP contribution < -0.4 is 0 Å². The van der Waals surface area contributed by atoms with E-state index >= 15 is 0 Å². The molecule has 1 heteroatoms. The van der Waals surface area contributed by atoms with E-state index in [2.05, 4.69) is 74.4 Å². The molecule has 0 aromatic rings. The van der Waals surface area contributed by atoms with E-state index in [0.29, 0.717) is 5.92 Å². The van der Waals surface area contributed by atoms with Gasteiger partial charge in [-0.2, -0.15) is 0 Å². The minimum atomic E-state index is 0.629. The second-order valence-electron chi connectivity index (χ2n) is 5.70. The van der Waals surface area contributed by atoms with Gasteiger partial charge in [0.05, 0.1) is 0 Å². The Balaban J connectivity index is 3.66. The van der Waals surface area contributed by atoms with E-state index in [4.69, 9.17) is 0 Å². The zero-order chi connectivity index (χ0) is 16.3. The molecule has 0 aromatic heterocycles. The highest BCUT2D eigenvalue weighted by Gasteiger charge is 1.94. The smallest absolute Gasteiger partial charge is 0.0385 e. The molecule has 22 heavy (non-hydrogen) atoms. The highest BCUT2D eigenvalue weighted by molar-refractivity contribution is 5.56. The van der Waals surface area contributed by atoms with E-state index in [0.717, 1.165) is 13.0 Å². The van der Waals surface area contributed by atoms with Crippen LogP contribution in [-0.2, 0) is 0 Å². The zero-order valence-corrected chi connectivity index (χ0v) is 14.9. The summed E-state index contributed by atoms with van der Waals surface area (Å²) in [4.78, 5) is 4.34. The Kier molecular flexibility index (Phi) is 16.6. The van der Waals surface area contributed by atoms with Crippen molar-refractivity contribution in [1.29, 1.82) is 0 Å². The van der Waals surface area contributed by atoms with Crippen molar-refractivity contribution in [2.24, 2.45) is 10.9 Å². The molecule has 0 heterocycles. The number of nitrogens with zero attached hydrogens (tertiary/aromatic N) is 1. The van der Waals surface area contributed by atoms with Crippen LogP contribution >= 0.6 is 0 Å². The molecule has 0 saturated heterocycles. The number of rotatable bonds is 13. The van der Waals surface area contributed by atoms with Gasteiger partial charge in [0.25, 0.3) is 0 Å². The first-order valence-corrected chi connectivity index (χ1v) is 8.96. The fourth-order valence-electron chi connectivity index (χ4n) is 2.02. The number of hydrogen-bond acceptors (Lipinski definition) is 1. The molecule has 0 aromatic carbocycles. The molecular formula is C21H35N. The van der Waals surface area contributed by atoms with Crippen molar-refractivity contribution >= 4 is 6.21 Å². The van der Waals surface area contributed by atoms with Gasteiger partial charge in [0.15, 0.2) is 0 Å². The third-order valence-corrected chi connectivity index (χ3v) is 3.36. The quantitative estimate of drug-likeness (QED) is 0.204. The molecule has 0 N–H and O–H groups in total. The number of aliphatic imine (C=N–C) groups is 1. The average Bonchev–Trinajstić information content (AvgIpc) is 2.52. The predicted octanol–water partition coefficient (Wildman–Crippen LogP) is 6.69. The monoisotopic (exact) mass is 301 g/mol. The SMILES string of the molecule is CCC=NCCCC(C)/C=C/C=C/C=C\C=C\CCCCC. The van der Waals surface area contributed by atoms with E-state index in [9.17, 15) is 0 Å². The summed E-state index contributed by atoms with van der Waals surface area (Å²) in [6.45, 7) is 7.60. The number of unbranched alkanes of at least 4 members (excludes halogenated alkanes) is 3. The standard InChI is InChI=1S/C21H35N/c1-4-6-7-8-9-10-11-12-13-14-15-17-21(3)18-16-20-22-19-5-2/h9-15,17,19,21H,4-8,16,18,20H2,1-3H3/b10-9+,12-11-,14-13+,17-15+,22-19?. The molecule has 0 bridgehead atoms. The van der Waals surface area contributed by atoms with E-state index in [1.54, 1.807) is 0 Å². The Morgan fingerprint density at radius 1 is 0.864 bits per heavy atom. The van der Waals surface area contributed by atoms with Crippen LogP contribution in [0.15, 0.2) is 53.6 Å². The summed E-state index contributed by atoms with van der Waals surface area (Å²) >= 11 is 0. The van der Waals surface area contributed by atoms with Crippen LogP contribution in [-0.4, -0.2) is 12.8 Å². The molecule has 1 nitrogen and oxygen atoms in total. The second-order valence-corrected chi connectivity index (χ2v) is 5.70. The van der Waals surface area contributed by atoms with Crippen LogP contribution in [0.1, 0.15) is 65.7 Å². The first-order chi connectivity index (χ1) is 10.8. The van der Waals surface area contributed by atoms with Crippen molar-refractivity contribution in [2.75, 3.05) is 6.54 Å². The lowest BCUT2D eigenvalue weighted by Crippen LogP contribution is -1.91. The molecule has 0 spiro atoms. The molecule has 1 unspecified atom stereocenters. The van der Waals surface area contributed by atoms with Crippen molar-refractivity contribution in [3.63, 3.8) is 0 Å². The summed E-state index contributed by atoms with van der Waals surface area (Å²) in [6.07, 6.45) is 27.8. The lowest BCUT2D eigenvalue weighted by Gasteiger charge is -2.02. The van der Waals surface area contributed by atoms with E-state index in [-0.39, 0.29) is 0 Å². The molecule has 0 aliphatic heterocycles. The average molecular weight is 302 g/mol. The van der Waals surface area contributed by atoms with Crippen molar-refractivity contribution in [3.8, 4) is 0 Å². The summed E-state index contributed by atoms with van der Waals surface area (Å²) in [5.41, 5.74) is 0. The summed E-state index contributed by atoms with van der Waals surface area (Å²) in [6, 6.07) is 0. The molecule has 0 amide bonds. The van der Waals surface area contributed by atoms with Gasteiger partial charge >= 0.3 is 0 Å². The normalized spacial score (nSPS) is 14.5. The first-order valence-electron chi connectivity index (χ1n) is 8.96. The molecule has 1 atom stereocenters. The molecule has 0 fully saturated rings. The van der Waals surface area contributed by atoms with E-state index in [1.165, 1.54) is 38.5 Å². The summed E-state index contributed by atoms with van der Waals surface area (Å²) in [5.74, 6) is 0.629. The minimum absolute atomic E-state index is 0.629. The van der Waals surface area contributed by atoms with Gasteiger partial charge in [-0.1, -0.05) is 82.2 Å². The molecular weight excluding hydrogens is 266 g/mol. The van der Waals surface area contributed by atoms with Gasteiger partial charge in [-0.25, -0.2) is 0 Å². The third-order valence-electron chi connectivity index (χ3n) is 3.36. The minimum Gasteiger partial charge on any atom is -0.298 e. The largest absolute Gasteiger partial charge is 0.298 e. The number of allylic oxidation sites excluding steroid dienone is 8. The van der Waals surface area contributed by atoms with Crippen LogP contribution in [0, 0.1) is 5.92 Å². The molecule has 0 rings (SSSR count). The van der Waals surface area contributed by atoms with Gasteiger partial charge in [0.1, 0.15) is 0 Å². The molecule has 0 saturated carbocycles. The van der Waals surface area contributed by atoms with Crippen molar-refractivity contribution in [3.05, 3.63) is 48.6 Å². The maximum atomic E-state index is 4.34. The van der Waals surface area contributed by atoms with Gasteiger partial charge in [0.2, 0.25) is 0 Å². The van der Waals surface area contributed by atoms with Gasteiger partial charge < -0.3 is 0 Å². The molecule has 0 aliphatic rings. The van der Waals surface area contributed by atoms with Gasteiger partial charge in [-0.3, -0.25) is 4.99 Å². The highest BCUT2D eigenvalue weighted by Crippen LogP contribution is 2.07. The Hall–Kier alpha value is -1.37. The van der Waals surface area contributed by atoms with Crippen LogP contribution in [0.3, 0.4) is 0 Å². The Bertz CT molecular complexity index is 358. The fraction of sp³-hybridized carbons (Fsp3) is 0.571. The van der Waals surface area contributed by atoms with Crippen molar-refractivity contribution in [1.82, 2.24) is 0 Å². The van der Waals surface area contributed by atoms with E-state index < -0.39 is 0 Å². The lowest BCUT2D eigenvalue weighted by atomic mass is 10.1. The molecule has 124 valence electrons. The maximum absolute atomic E-state index is 4.34. The summed E-state index contributed by atoms with van der Waals surface area (Å²) in [7, 11) is 0. The predicted molar refractivity (Wildman–Crippen MR) is 103 cm³/mol. The van der Waals surface area contributed by atoms with Crippen molar-refractivity contribution in [2.45, 2.75) is 65.7 Å². The summed E-state index contributed by atoms with van der Waals surface area (Å²) in [5, 5.41) is 0. The van der Waals surface area contributed by atoms with Gasteiger partial charge in [-0.15, -0.1) is 0 Å². The molecule has 0 radical (unpaired) electrons. The van der Waals surface area contributed by atoms with Crippen LogP contribution in [0.25, 0.3) is 0 Å². The molecule has 0 aliphatic carbocycles. The summed E-state index contributed by atoms with van der Waals surface area (Å²) < 4.78 is 0. The lowest BCUT2D eigenvalue weighted by molar-refractivity contribution is 0.614. The zero-order valence-electron chi connectivity index (χ0n) is 14.9. The number of hydrogen-bond donors (Lipinski definition) is 0. The van der Waals surface area contributed by atoms with E-state index in [1.807, 2.05) is 6.21 Å². The van der Waals surface area contributed by atoms with Gasteiger partial charge in [-0.05, 0) is 44.2 Å². The Morgan fingerprint density at radius 3 is 2.32 bits per heavy atom. The van der Waals surface area contributed by atoms with Crippen LogP contribution in [0.5, 0.6) is 0 Å². The topological polar surface area (TPSA) is 12.4 Å². The Labute approximate surface area is 138 Å². The highest BCUT2D eigenvalue weighted by atomic mass is 14.7. The Morgan fingerprint density at radius 2 is 1.59 bits per heavy atom. The third kappa shape index (κ3) is 16.7. The second kappa shape index (κ2) is 17.7. The van der Waals surface area contributed by atoms with Crippen molar-refractivity contribution < 1.29 is 0 Å².